The Morgan fingerprint density at radius 1 is 1.22 bits per heavy atom. The lowest BCUT2D eigenvalue weighted by atomic mass is 10.2. The van der Waals surface area contributed by atoms with Gasteiger partial charge in [0.2, 0.25) is 0 Å². The molecule has 7 nitrogen and oxygen atoms in total. The Morgan fingerprint density at radius 2 is 2.03 bits per heavy atom. The normalized spacial score (nSPS) is 13.6. The molecule has 1 aliphatic heterocycles. The third kappa shape index (κ3) is 3.94. The van der Waals surface area contributed by atoms with Crippen molar-refractivity contribution in [2.45, 2.75) is 13.5 Å². The number of benzene rings is 2. The number of urea groups is 1. The minimum atomic E-state index is -0.188. The van der Waals surface area contributed by atoms with Crippen LogP contribution in [0.25, 0.3) is 10.2 Å². The van der Waals surface area contributed by atoms with Crippen molar-refractivity contribution in [1.82, 2.24) is 15.1 Å². The van der Waals surface area contributed by atoms with Crippen LogP contribution in [-0.4, -0.2) is 34.8 Å². The molecule has 0 unspecified atom stereocenters. The van der Waals surface area contributed by atoms with E-state index in [2.05, 4.69) is 15.7 Å². The maximum Gasteiger partial charge on any atom is 0.321 e. The highest BCUT2D eigenvalue weighted by Gasteiger charge is 2.22. The van der Waals surface area contributed by atoms with E-state index in [9.17, 15) is 9.59 Å². The van der Waals surface area contributed by atoms with Crippen molar-refractivity contribution in [1.29, 1.82) is 0 Å². The number of carbonyl (C=O) groups is 2. The lowest BCUT2D eigenvalue weighted by molar-refractivity contribution is 0.103. The smallest absolute Gasteiger partial charge is 0.321 e. The van der Waals surface area contributed by atoms with E-state index in [1.165, 1.54) is 11.3 Å². The number of amides is 3. The first-order chi connectivity index (χ1) is 15.5. The molecule has 3 heterocycles. The van der Waals surface area contributed by atoms with Gasteiger partial charge in [-0.25, -0.2) is 4.79 Å². The first-order valence-corrected chi connectivity index (χ1v) is 11.4. The molecule has 9 heteroatoms. The summed E-state index contributed by atoms with van der Waals surface area (Å²) < 4.78 is 1.92. The Balaban J connectivity index is 1.37. The molecule has 1 fully saturated rings. The summed E-state index contributed by atoms with van der Waals surface area (Å²) >= 11 is 7.40. The van der Waals surface area contributed by atoms with Crippen LogP contribution in [0.5, 0.6) is 0 Å². The topological polar surface area (TPSA) is 79.3 Å². The third-order valence-electron chi connectivity index (χ3n) is 5.35. The number of nitrogens with zero attached hydrogens (tertiary/aromatic N) is 3. The average molecular weight is 466 g/mol. The fourth-order valence-electron chi connectivity index (χ4n) is 3.76. The van der Waals surface area contributed by atoms with Gasteiger partial charge in [-0.1, -0.05) is 29.8 Å². The molecule has 2 aromatic heterocycles. The van der Waals surface area contributed by atoms with Crippen molar-refractivity contribution in [3.8, 4) is 0 Å². The standard InChI is InChI=1S/C23H20ClN5O2S/c1-14-19-12-20(32-22(19)29(27-14)13-15-5-7-16(24)8-6-15)21(30)26-17-3-2-4-18(11-17)28-10-9-25-23(28)31/h2-8,11-12H,9-10,13H2,1H3,(H,25,31)(H,26,30). The van der Waals surface area contributed by atoms with E-state index in [0.29, 0.717) is 35.2 Å². The third-order valence-corrected chi connectivity index (χ3v) is 6.75. The van der Waals surface area contributed by atoms with E-state index < -0.39 is 0 Å². The van der Waals surface area contributed by atoms with Crippen LogP contribution in [0.2, 0.25) is 5.02 Å². The predicted molar refractivity (Wildman–Crippen MR) is 128 cm³/mol. The van der Waals surface area contributed by atoms with Gasteiger partial charge in [0.05, 0.1) is 17.1 Å². The Kier molecular flexibility index (Phi) is 5.32. The number of anilines is 2. The summed E-state index contributed by atoms with van der Waals surface area (Å²) in [6.45, 7) is 3.77. The Labute approximate surface area is 193 Å². The first kappa shape index (κ1) is 20.5. The summed E-state index contributed by atoms with van der Waals surface area (Å²) in [7, 11) is 0. The molecule has 0 aliphatic carbocycles. The summed E-state index contributed by atoms with van der Waals surface area (Å²) in [5.41, 5.74) is 3.36. The van der Waals surface area contributed by atoms with Crippen molar-refractivity contribution in [3.63, 3.8) is 0 Å². The molecule has 1 aliphatic rings. The van der Waals surface area contributed by atoms with E-state index in [0.717, 1.165) is 27.2 Å². The summed E-state index contributed by atoms with van der Waals surface area (Å²) in [6.07, 6.45) is 0. The van der Waals surface area contributed by atoms with Gasteiger partial charge in [-0.05, 0) is 48.9 Å². The molecule has 1 saturated heterocycles. The maximum absolute atomic E-state index is 13.0. The molecule has 0 atom stereocenters. The number of hydrogen-bond donors (Lipinski definition) is 2. The molecule has 0 bridgehead atoms. The number of hydrogen-bond acceptors (Lipinski definition) is 4. The van der Waals surface area contributed by atoms with Crippen LogP contribution in [0, 0.1) is 6.92 Å². The Morgan fingerprint density at radius 3 is 2.78 bits per heavy atom. The molecule has 4 aromatic rings. The van der Waals surface area contributed by atoms with Gasteiger partial charge in [0.25, 0.3) is 5.91 Å². The van der Waals surface area contributed by atoms with Crippen molar-refractivity contribution in [2.24, 2.45) is 0 Å². The van der Waals surface area contributed by atoms with Crippen LogP contribution >= 0.6 is 22.9 Å². The monoisotopic (exact) mass is 465 g/mol. The number of halogens is 1. The largest absolute Gasteiger partial charge is 0.336 e. The average Bonchev–Trinajstić information content (AvgIpc) is 3.47. The van der Waals surface area contributed by atoms with Gasteiger partial charge in [-0.3, -0.25) is 14.4 Å². The molecule has 0 spiro atoms. The second-order valence-corrected chi connectivity index (χ2v) is 9.05. The van der Waals surface area contributed by atoms with E-state index in [-0.39, 0.29) is 11.9 Å². The zero-order valence-corrected chi connectivity index (χ0v) is 18.8. The van der Waals surface area contributed by atoms with Gasteiger partial charge in [0, 0.05) is 34.9 Å². The zero-order valence-electron chi connectivity index (χ0n) is 17.3. The summed E-state index contributed by atoms with van der Waals surface area (Å²) in [5, 5.41) is 12.0. The number of fused-ring (bicyclic) bond motifs is 1. The van der Waals surface area contributed by atoms with Gasteiger partial charge in [0.15, 0.2) is 0 Å². The highest BCUT2D eigenvalue weighted by Crippen LogP contribution is 2.30. The van der Waals surface area contributed by atoms with Crippen molar-refractivity contribution >= 4 is 56.5 Å². The predicted octanol–water partition coefficient (Wildman–Crippen LogP) is 4.89. The lowest BCUT2D eigenvalue weighted by Gasteiger charge is -2.15. The highest BCUT2D eigenvalue weighted by atomic mass is 35.5. The van der Waals surface area contributed by atoms with Gasteiger partial charge in [-0.2, -0.15) is 5.10 Å². The highest BCUT2D eigenvalue weighted by molar-refractivity contribution is 7.20. The number of aryl methyl sites for hydroxylation is 1. The van der Waals surface area contributed by atoms with Crippen LogP contribution in [0.4, 0.5) is 16.2 Å². The zero-order chi connectivity index (χ0) is 22.2. The van der Waals surface area contributed by atoms with E-state index >= 15 is 0 Å². The molecule has 0 saturated carbocycles. The van der Waals surface area contributed by atoms with E-state index in [4.69, 9.17) is 11.6 Å². The second-order valence-electron chi connectivity index (χ2n) is 7.59. The molecule has 162 valence electrons. The maximum atomic E-state index is 13.0. The molecule has 3 amide bonds. The summed E-state index contributed by atoms with van der Waals surface area (Å²) in [4.78, 5) is 28.1. The molecule has 32 heavy (non-hydrogen) atoms. The first-order valence-electron chi connectivity index (χ1n) is 10.2. The minimum absolute atomic E-state index is 0.126. The molecule has 2 N–H and O–H groups in total. The fourth-order valence-corrected chi connectivity index (χ4v) is 4.94. The summed E-state index contributed by atoms with van der Waals surface area (Å²) in [5.74, 6) is -0.188. The number of carbonyl (C=O) groups excluding carboxylic acids is 2. The van der Waals surface area contributed by atoms with Crippen LogP contribution in [-0.2, 0) is 6.54 Å². The lowest BCUT2D eigenvalue weighted by Crippen LogP contribution is -2.27. The van der Waals surface area contributed by atoms with Crippen LogP contribution in [0.3, 0.4) is 0 Å². The number of aromatic nitrogens is 2. The van der Waals surface area contributed by atoms with Crippen LogP contribution < -0.4 is 15.5 Å². The van der Waals surface area contributed by atoms with Crippen molar-refractivity contribution in [3.05, 3.63) is 75.8 Å². The van der Waals surface area contributed by atoms with Gasteiger partial charge >= 0.3 is 6.03 Å². The van der Waals surface area contributed by atoms with Gasteiger partial charge < -0.3 is 10.6 Å². The number of rotatable bonds is 5. The quantitative estimate of drug-likeness (QED) is 0.440. The van der Waals surface area contributed by atoms with Crippen molar-refractivity contribution < 1.29 is 9.59 Å². The van der Waals surface area contributed by atoms with Gasteiger partial charge in [-0.15, -0.1) is 11.3 Å². The molecule has 0 radical (unpaired) electrons. The minimum Gasteiger partial charge on any atom is -0.336 e. The summed E-state index contributed by atoms with van der Waals surface area (Å²) in [6, 6.07) is 16.7. The van der Waals surface area contributed by atoms with Crippen LogP contribution in [0.15, 0.2) is 54.6 Å². The molecular formula is C23H20ClN5O2S. The van der Waals surface area contributed by atoms with E-state index in [1.54, 1.807) is 4.90 Å². The number of thiophene rings is 1. The van der Waals surface area contributed by atoms with Crippen molar-refractivity contribution in [2.75, 3.05) is 23.3 Å². The number of nitrogens with one attached hydrogen (secondary N) is 2. The molecule has 2 aromatic carbocycles. The second kappa shape index (κ2) is 8.29. The van der Waals surface area contributed by atoms with Crippen LogP contribution in [0.1, 0.15) is 20.9 Å². The molecular weight excluding hydrogens is 446 g/mol. The molecule has 5 rings (SSSR count). The van der Waals surface area contributed by atoms with Gasteiger partial charge in [0.1, 0.15) is 4.83 Å². The van der Waals surface area contributed by atoms with E-state index in [1.807, 2.05) is 66.2 Å². The Bertz CT molecular complexity index is 1330. The SMILES string of the molecule is Cc1nn(Cc2ccc(Cl)cc2)c2sc(C(=O)Nc3cccc(N4CCNC4=O)c3)cc12. The fraction of sp³-hybridized carbons (Fsp3) is 0.174. The Hall–Kier alpha value is -3.36.